The highest BCUT2D eigenvalue weighted by atomic mass is 16.5. The van der Waals surface area contributed by atoms with Gasteiger partial charge in [-0.05, 0) is 85.4 Å². The normalized spacial score (nSPS) is 20.7. The van der Waals surface area contributed by atoms with Crippen molar-refractivity contribution in [1.29, 1.82) is 0 Å². The van der Waals surface area contributed by atoms with E-state index in [9.17, 15) is 24.0 Å². The zero-order valence-corrected chi connectivity index (χ0v) is 25.2. The third-order valence-corrected chi connectivity index (χ3v) is 8.60. The monoisotopic (exact) mass is 589 g/mol. The van der Waals surface area contributed by atoms with E-state index in [4.69, 9.17) is 9.47 Å². The van der Waals surface area contributed by atoms with Crippen molar-refractivity contribution >= 4 is 29.5 Å². The van der Waals surface area contributed by atoms with Gasteiger partial charge in [-0.1, -0.05) is 27.7 Å². The molecule has 5 amide bonds. The molecule has 228 valence electrons. The standard InChI is InChI=1S/C33H39N3O7/c1-32(2)19-33(3,4)31(32)35-27(38)20-8-10-21(11-9-20)42-16-6-5-7-17-43-22-12-13-23-24(18-22)30(41)36(29(23)40)25-14-15-26(37)34-28(25)39/h8-13,18,25,31H,5-7,14-17,19H2,1-4H3,(H,35,38)(H,34,37,39). The average Bonchev–Trinajstić information content (AvgIpc) is 3.19. The summed E-state index contributed by atoms with van der Waals surface area (Å²) < 4.78 is 11.6. The van der Waals surface area contributed by atoms with Crippen molar-refractivity contribution in [3.8, 4) is 11.5 Å². The van der Waals surface area contributed by atoms with E-state index in [2.05, 4.69) is 38.3 Å². The number of hydrogen-bond acceptors (Lipinski definition) is 7. The number of carbonyl (C=O) groups excluding carboxylic acids is 5. The second-order valence-corrected chi connectivity index (χ2v) is 13.0. The first-order valence-corrected chi connectivity index (χ1v) is 14.9. The molecule has 1 saturated heterocycles. The predicted octanol–water partition coefficient (Wildman–Crippen LogP) is 4.27. The molecule has 3 aliphatic rings. The number of fused-ring (bicyclic) bond motifs is 1. The lowest BCUT2D eigenvalue weighted by Gasteiger charge is -2.57. The Bertz CT molecular complexity index is 1430. The van der Waals surface area contributed by atoms with Crippen molar-refractivity contribution in [2.24, 2.45) is 10.8 Å². The SMILES string of the molecule is CC1(C)CC(C)(C)C1NC(=O)c1ccc(OCCCCCOc2ccc3c(c2)C(=O)N(C2CCC(=O)NC2=O)C3=O)cc1. The summed E-state index contributed by atoms with van der Waals surface area (Å²) in [5.41, 5.74) is 1.22. The van der Waals surface area contributed by atoms with Crippen LogP contribution in [0.2, 0.25) is 0 Å². The van der Waals surface area contributed by atoms with Crippen LogP contribution < -0.4 is 20.1 Å². The number of amides is 5. The van der Waals surface area contributed by atoms with Crippen LogP contribution in [0.15, 0.2) is 42.5 Å². The number of nitrogens with one attached hydrogen (secondary N) is 2. The summed E-state index contributed by atoms with van der Waals surface area (Å²) in [5.74, 6) is -1.03. The Morgan fingerprint density at radius 1 is 0.860 bits per heavy atom. The number of rotatable bonds is 11. The molecule has 10 heteroatoms. The third kappa shape index (κ3) is 6.28. The van der Waals surface area contributed by atoms with E-state index in [0.29, 0.717) is 30.3 Å². The van der Waals surface area contributed by atoms with Crippen LogP contribution in [0.25, 0.3) is 0 Å². The largest absolute Gasteiger partial charge is 0.494 e. The Morgan fingerprint density at radius 3 is 2.09 bits per heavy atom. The second-order valence-electron chi connectivity index (χ2n) is 13.0. The van der Waals surface area contributed by atoms with Gasteiger partial charge in [0.25, 0.3) is 17.7 Å². The van der Waals surface area contributed by atoms with Crippen molar-refractivity contribution in [2.75, 3.05) is 13.2 Å². The summed E-state index contributed by atoms with van der Waals surface area (Å²) in [7, 11) is 0. The van der Waals surface area contributed by atoms with Crippen LogP contribution in [0.3, 0.4) is 0 Å². The van der Waals surface area contributed by atoms with Crippen LogP contribution in [0.1, 0.15) is 97.3 Å². The molecule has 0 aromatic heterocycles. The smallest absolute Gasteiger partial charge is 0.262 e. The maximum Gasteiger partial charge on any atom is 0.262 e. The van der Waals surface area contributed by atoms with Gasteiger partial charge in [0.15, 0.2) is 0 Å². The molecule has 2 aliphatic heterocycles. The summed E-state index contributed by atoms with van der Waals surface area (Å²) in [6.45, 7) is 9.70. The second kappa shape index (κ2) is 11.8. The van der Waals surface area contributed by atoms with Gasteiger partial charge in [-0.3, -0.25) is 34.2 Å². The van der Waals surface area contributed by atoms with E-state index in [1.165, 1.54) is 12.1 Å². The van der Waals surface area contributed by atoms with Crippen molar-refractivity contribution in [3.05, 3.63) is 59.2 Å². The van der Waals surface area contributed by atoms with Crippen molar-refractivity contribution in [3.63, 3.8) is 0 Å². The van der Waals surface area contributed by atoms with Gasteiger partial charge in [0.05, 0.1) is 24.3 Å². The molecular formula is C33H39N3O7. The molecule has 1 saturated carbocycles. The molecule has 2 heterocycles. The Labute approximate surface area is 251 Å². The maximum absolute atomic E-state index is 13.0. The van der Waals surface area contributed by atoms with Crippen LogP contribution in [-0.2, 0) is 9.59 Å². The molecule has 1 unspecified atom stereocenters. The van der Waals surface area contributed by atoms with Crippen LogP contribution in [-0.4, -0.2) is 59.7 Å². The Hall–Kier alpha value is -4.21. The van der Waals surface area contributed by atoms with Crippen molar-refractivity contribution < 1.29 is 33.4 Å². The fraction of sp³-hybridized carbons (Fsp3) is 0.485. The molecule has 0 radical (unpaired) electrons. The number of ether oxygens (including phenoxy) is 2. The van der Waals surface area contributed by atoms with Crippen LogP contribution in [0.4, 0.5) is 0 Å². The molecule has 0 spiro atoms. The Kier molecular flexibility index (Phi) is 8.31. The molecule has 2 fully saturated rings. The van der Waals surface area contributed by atoms with Gasteiger partial charge in [0.2, 0.25) is 11.8 Å². The molecule has 2 N–H and O–H groups in total. The first kappa shape index (κ1) is 30.3. The zero-order valence-electron chi connectivity index (χ0n) is 25.2. The van der Waals surface area contributed by atoms with E-state index in [-0.39, 0.29) is 46.7 Å². The first-order valence-electron chi connectivity index (χ1n) is 14.9. The lowest BCUT2D eigenvalue weighted by atomic mass is 9.52. The molecular weight excluding hydrogens is 550 g/mol. The topological polar surface area (TPSA) is 131 Å². The molecule has 1 atom stereocenters. The summed E-state index contributed by atoms with van der Waals surface area (Å²) in [6.07, 6.45) is 3.71. The van der Waals surface area contributed by atoms with Crippen LogP contribution >= 0.6 is 0 Å². The molecule has 1 aliphatic carbocycles. The maximum atomic E-state index is 13.0. The Balaban J connectivity index is 1.02. The molecule has 5 rings (SSSR count). The molecule has 2 aromatic carbocycles. The summed E-state index contributed by atoms with van der Waals surface area (Å²) >= 11 is 0. The fourth-order valence-electron chi connectivity index (χ4n) is 6.91. The summed E-state index contributed by atoms with van der Waals surface area (Å²) in [6, 6.07) is 11.1. The minimum absolute atomic E-state index is 0.0663. The Morgan fingerprint density at radius 2 is 1.47 bits per heavy atom. The van der Waals surface area contributed by atoms with Gasteiger partial charge in [0, 0.05) is 18.0 Å². The zero-order chi connectivity index (χ0) is 30.9. The van der Waals surface area contributed by atoms with Gasteiger partial charge in [-0.25, -0.2) is 0 Å². The minimum atomic E-state index is -0.994. The van der Waals surface area contributed by atoms with Gasteiger partial charge >= 0.3 is 0 Å². The highest BCUT2D eigenvalue weighted by Gasteiger charge is 2.53. The van der Waals surface area contributed by atoms with E-state index in [1.807, 2.05) is 12.1 Å². The van der Waals surface area contributed by atoms with E-state index in [0.717, 1.165) is 30.6 Å². The van der Waals surface area contributed by atoms with Crippen molar-refractivity contribution in [1.82, 2.24) is 15.5 Å². The van der Waals surface area contributed by atoms with E-state index < -0.39 is 29.7 Å². The number of carbonyl (C=O) groups is 5. The highest BCUT2D eigenvalue weighted by Crippen LogP contribution is 2.53. The van der Waals surface area contributed by atoms with Crippen LogP contribution in [0.5, 0.6) is 11.5 Å². The molecule has 10 nitrogen and oxygen atoms in total. The number of unbranched alkanes of at least 4 members (excludes halogenated alkanes) is 2. The third-order valence-electron chi connectivity index (χ3n) is 8.60. The van der Waals surface area contributed by atoms with Gasteiger partial charge in [-0.2, -0.15) is 0 Å². The molecule has 43 heavy (non-hydrogen) atoms. The quantitative estimate of drug-likeness (QED) is 0.296. The summed E-state index contributed by atoms with van der Waals surface area (Å²) in [5, 5.41) is 5.39. The van der Waals surface area contributed by atoms with Crippen molar-refractivity contribution in [2.45, 2.75) is 78.3 Å². The summed E-state index contributed by atoms with van der Waals surface area (Å²) in [4.78, 5) is 63.2. The predicted molar refractivity (Wildman–Crippen MR) is 158 cm³/mol. The number of nitrogens with zero attached hydrogens (tertiary/aromatic N) is 1. The first-order chi connectivity index (χ1) is 20.4. The average molecular weight is 590 g/mol. The molecule has 0 bridgehead atoms. The number of benzene rings is 2. The number of imide groups is 2. The van der Waals surface area contributed by atoms with E-state index in [1.54, 1.807) is 18.2 Å². The van der Waals surface area contributed by atoms with Gasteiger partial charge < -0.3 is 14.8 Å². The number of hydrogen-bond donors (Lipinski definition) is 2. The fourth-order valence-corrected chi connectivity index (χ4v) is 6.91. The van der Waals surface area contributed by atoms with Gasteiger partial charge in [0.1, 0.15) is 17.5 Å². The van der Waals surface area contributed by atoms with E-state index >= 15 is 0 Å². The number of piperidine rings is 1. The highest BCUT2D eigenvalue weighted by molar-refractivity contribution is 6.23. The van der Waals surface area contributed by atoms with Gasteiger partial charge in [-0.15, -0.1) is 0 Å². The lowest BCUT2D eigenvalue weighted by molar-refractivity contribution is -0.136. The lowest BCUT2D eigenvalue weighted by Crippen LogP contribution is -2.63. The van der Waals surface area contributed by atoms with Crippen LogP contribution in [0, 0.1) is 10.8 Å². The minimum Gasteiger partial charge on any atom is -0.494 e. The molecule has 2 aromatic rings.